The molecule has 0 amide bonds. The molecule has 0 radical (unpaired) electrons. The van der Waals surface area contributed by atoms with E-state index in [0.29, 0.717) is 36.4 Å². The fourth-order valence-electron chi connectivity index (χ4n) is 3.51. The number of fused-ring (bicyclic) bond motifs is 1. The first-order chi connectivity index (χ1) is 11.6. The molecule has 0 saturated heterocycles. The number of hydrogen-bond acceptors (Lipinski definition) is 4. The van der Waals surface area contributed by atoms with Crippen LogP contribution < -0.4 is 4.90 Å². The van der Waals surface area contributed by atoms with Gasteiger partial charge in [0.05, 0.1) is 12.1 Å². The van der Waals surface area contributed by atoms with E-state index in [2.05, 4.69) is 21.8 Å². The normalized spacial score (nSPS) is 20.9. The molecule has 1 aromatic carbocycles. The van der Waals surface area contributed by atoms with Crippen molar-refractivity contribution < 1.29 is 13.5 Å². The van der Waals surface area contributed by atoms with E-state index in [1.54, 1.807) is 13.2 Å². The molecule has 24 heavy (non-hydrogen) atoms. The highest BCUT2D eigenvalue weighted by Crippen LogP contribution is 2.34. The molecule has 130 valence electrons. The lowest BCUT2D eigenvalue weighted by molar-refractivity contribution is 0.141. The summed E-state index contributed by atoms with van der Waals surface area (Å²) in [6, 6.07) is 7.67. The number of rotatable bonds is 6. The summed E-state index contributed by atoms with van der Waals surface area (Å²) in [5, 5.41) is 0.817. The van der Waals surface area contributed by atoms with E-state index in [1.807, 2.05) is 18.2 Å². The first-order valence-corrected chi connectivity index (χ1v) is 8.40. The van der Waals surface area contributed by atoms with E-state index in [-0.39, 0.29) is 0 Å². The molecule has 4 nitrogen and oxygen atoms in total. The van der Waals surface area contributed by atoms with Crippen LogP contribution in [0.25, 0.3) is 10.9 Å². The lowest BCUT2D eigenvalue weighted by Gasteiger charge is -2.31. The molecule has 0 spiro atoms. The molecule has 2 aromatic rings. The van der Waals surface area contributed by atoms with Crippen LogP contribution in [0.1, 0.15) is 38.4 Å². The van der Waals surface area contributed by atoms with Gasteiger partial charge in [0, 0.05) is 25.1 Å². The molecule has 1 fully saturated rings. The first-order valence-electron chi connectivity index (χ1n) is 8.40. The van der Waals surface area contributed by atoms with Crippen LogP contribution in [0.15, 0.2) is 24.3 Å². The molecule has 2 unspecified atom stereocenters. The summed E-state index contributed by atoms with van der Waals surface area (Å²) in [6.45, 7) is 3.40. The van der Waals surface area contributed by atoms with E-state index < -0.39 is 12.2 Å². The van der Waals surface area contributed by atoms with Crippen molar-refractivity contribution in [2.24, 2.45) is 5.92 Å². The van der Waals surface area contributed by atoms with Gasteiger partial charge in [-0.3, -0.25) is 0 Å². The summed E-state index contributed by atoms with van der Waals surface area (Å²) in [5.41, 5.74) is 0.561. The Balaban J connectivity index is 2.07. The van der Waals surface area contributed by atoms with Crippen molar-refractivity contribution in [2.45, 2.75) is 38.7 Å². The zero-order valence-corrected chi connectivity index (χ0v) is 14.1. The van der Waals surface area contributed by atoms with Gasteiger partial charge in [-0.1, -0.05) is 19.1 Å². The van der Waals surface area contributed by atoms with Gasteiger partial charge in [-0.25, -0.2) is 18.7 Å². The van der Waals surface area contributed by atoms with Gasteiger partial charge in [0.1, 0.15) is 5.82 Å². The van der Waals surface area contributed by atoms with Crippen LogP contribution in [0.3, 0.4) is 0 Å². The van der Waals surface area contributed by atoms with Crippen LogP contribution in [0, 0.1) is 5.92 Å². The van der Waals surface area contributed by atoms with Crippen LogP contribution in [0.5, 0.6) is 0 Å². The van der Waals surface area contributed by atoms with Crippen molar-refractivity contribution in [2.75, 3.05) is 25.2 Å². The van der Waals surface area contributed by atoms with Gasteiger partial charge in [-0.2, -0.15) is 0 Å². The van der Waals surface area contributed by atoms with Gasteiger partial charge in [-0.05, 0) is 37.3 Å². The van der Waals surface area contributed by atoms with Crippen LogP contribution in [0.2, 0.25) is 0 Å². The fraction of sp³-hybridized carbons (Fsp3) is 0.556. The van der Waals surface area contributed by atoms with Crippen LogP contribution in [0.4, 0.5) is 14.6 Å². The molecule has 1 aromatic heterocycles. The van der Waals surface area contributed by atoms with Crippen molar-refractivity contribution in [3.8, 4) is 0 Å². The number of benzene rings is 1. The Hall–Kier alpha value is -1.82. The predicted molar refractivity (Wildman–Crippen MR) is 90.5 cm³/mol. The summed E-state index contributed by atoms with van der Waals surface area (Å²) in [6.07, 6.45) is 0.568. The second-order valence-electron chi connectivity index (χ2n) is 6.48. The summed E-state index contributed by atoms with van der Waals surface area (Å²) < 4.78 is 31.8. The Morgan fingerprint density at radius 1 is 1.25 bits per heavy atom. The molecule has 1 aliphatic carbocycles. The number of para-hydroxylation sites is 1. The zero-order valence-electron chi connectivity index (χ0n) is 14.1. The number of alkyl halides is 2. The SMILES string of the molecule is COCCN(c1nc(C(F)F)nc2ccccc12)C1CCC(C)C1. The quantitative estimate of drug-likeness (QED) is 0.793. The molecule has 3 rings (SSSR count). The van der Waals surface area contributed by atoms with Crippen LogP contribution in [-0.2, 0) is 4.74 Å². The molecule has 1 aliphatic rings. The highest BCUT2D eigenvalue weighted by atomic mass is 19.3. The Morgan fingerprint density at radius 2 is 2.04 bits per heavy atom. The summed E-state index contributed by atoms with van der Waals surface area (Å²) >= 11 is 0. The van der Waals surface area contributed by atoms with Gasteiger partial charge < -0.3 is 9.64 Å². The fourth-order valence-corrected chi connectivity index (χ4v) is 3.51. The number of hydrogen-bond donors (Lipinski definition) is 0. The standard InChI is InChI=1S/C18H23F2N3O/c1-12-7-8-13(11-12)23(9-10-24-2)18-14-5-3-4-6-15(14)21-17(22-18)16(19)20/h3-6,12-13,16H,7-11H2,1-2H3. The molecule has 6 heteroatoms. The minimum Gasteiger partial charge on any atom is -0.383 e. The summed E-state index contributed by atoms with van der Waals surface area (Å²) in [4.78, 5) is 10.4. The zero-order chi connectivity index (χ0) is 17.1. The second kappa shape index (κ2) is 7.38. The largest absolute Gasteiger partial charge is 0.383 e. The lowest BCUT2D eigenvalue weighted by atomic mass is 10.1. The van der Waals surface area contributed by atoms with Crippen molar-refractivity contribution in [3.05, 3.63) is 30.1 Å². The van der Waals surface area contributed by atoms with Gasteiger partial charge >= 0.3 is 0 Å². The number of halogens is 2. The van der Waals surface area contributed by atoms with Gasteiger partial charge in [0.25, 0.3) is 6.43 Å². The Labute approximate surface area is 140 Å². The Morgan fingerprint density at radius 3 is 2.71 bits per heavy atom. The minimum absolute atomic E-state index is 0.305. The Bertz CT molecular complexity index is 695. The van der Waals surface area contributed by atoms with Crippen molar-refractivity contribution in [1.82, 2.24) is 9.97 Å². The van der Waals surface area contributed by atoms with Crippen LogP contribution in [-0.4, -0.2) is 36.3 Å². The molecule has 0 bridgehead atoms. The molecule has 0 N–H and O–H groups in total. The number of methoxy groups -OCH3 is 1. The molecule has 2 atom stereocenters. The van der Waals surface area contributed by atoms with E-state index in [1.165, 1.54) is 0 Å². The summed E-state index contributed by atoms with van der Waals surface area (Å²) in [5.74, 6) is 0.840. The average Bonchev–Trinajstić information content (AvgIpc) is 3.01. The van der Waals surface area contributed by atoms with Crippen molar-refractivity contribution in [3.63, 3.8) is 0 Å². The monoisotopic (exact) mass is 335 g/mol. The highest BCUT2D eigenvalue weighted by Gasteiger charge is 2.29. The minimum atomic E-state index is -2.68. The number of anilines is 1. The maximum atomic E-state index is 13.3. The topological polar surface area (TPSA) is 38.2 Å². The van der Waals surface area contributed by atoms with E-state index >= 15 is 0 Å². The van der Waals surface area contributed by atoms with Gasteiger partial charge in [0.2, 0.25) is 0 Å². The lowest BCUT2D eigenvalue weighted by Crippen LogP contribution is -2.37. The maximum Gasteiger partial charge on any atom is 0.297 e. The van der Waals surface area contributed by atoms with Gasteiger partial charge in [0.15, 0.2) is 5.82 Å². The van der Waals surface area contributed by atoms with Crippen molar-refractivity contribution in [1.29, 1.82) is 0 Å². The number of nitrogens with zero attached hydrogens (tertiary/aromatic N) is 3. The summed E-state index contributed by atoms with van der Waals surface area (Å²) in [7, 11) is 1.65. The smallest absolute Gasteiger partial charge is 0.297 e. The molecular formula is C18H23F2N3O. The maximum absolute atomic E-state index is 13.3. The predicted octanol–water partition coefficient (Wildman–Crippen LogP) is 4.21. The van der Waals surface area contributed by atoms with E-state index in [0.717, 1.165) is 24.6 Å². The highest BCUT2D eigenvalue weighted by molar-refractivity contribution is 5.89. The Kier molecular flexibility index (Phi) is 5.23. The third kappa shape index (κ3) is 3.48. The molecule has 0 aliphatic heterocycles. The number of aromatic nitrogens is 2. The molecule has 1 saturated carbocycles. The second-order valence-corrected chi connectivity index (χ2v) is 6.48. The third-order valence-corrected chi connectivity index (χ3v) is 4.71. The molecular weight excluding hydrogens is 312 g/mol. The van der Waals surface area contributed by atoms with E-state index in [4.69, 9.17) is 4.74 Å². The number of ether oxygens (including phenoxy) is 1. The third-order valence-electron chi connectivity index (χ3n) is 4.71. The van der Waals surface area contributed by atoms with E-state index in [9.17, 15) is 8.78 Å². The van der Waals surface area contributed by atoms with Crippen LogP contribution >= 0.6 is 0 Å². The first kappa shape index (κ1) is 17.0. The van der Waals surface area contributed by atoms with Gasteiger partial charge in [-0.15, -0.1) is 0 Å². The van der Waals surface area contributed by atoms with Crippen molar-refractivity contribution >= 4 is 16.7 Å². The molecule has 1 heterocycles. The average molecular weight is 335 g/mol.